The van der Waals surface area contributed by atoms with Crippen molar-refractivity contribution in [2.24, 2.45) is 5.92 Å². The molecule has 1 aliphatic rings. The van der Waals surface area contributed by atoms with Gasteiger partial charge in [0.25, 0.3) is 5.56 Å². The van der Waals surface area contributed by atoms with E-state index in [0.717, 1.165) is 25.7 Å². The molecule has 1 aromatic rings. The lowest BCUT2D eigenvalue weighted by Gasteiger charge is -2.29. The third kappa shape index (κ3) is 3.67. The number of hydrogen-bond acceptors (Lipinski definition) is 3. The van der Waals surface area contributed by atoms with Crippen LogP contribution in [0, 0.1) is 5.92 Å². The van der Waals surface area contributed by atoms with E-state index in [1.807, 2.05) is 13.8 Å². The first-order valence-electron chi connectivity index (χ1n) is 7.22. The van der Waals surface area contributed by atoms with Gasteiger partial charge in [0, 0.05) is 18.8 Å². The van der Waals surface area contributed by atoms with Gasteiger partial charge in [-0.25, -0.2) is 8.42 Å². The van der Waals surface area contributed by atoms with E-state index in [1.54, 1.807) is 4.31 Å². The Bertz CT molecular complexity index is 648. The van der Waals surface area contributed by atoms with Gasteiger partial charge in [-0.15, -0.1) is 0 Å². The van der Waals surface area contributed by atoms with E-state index in [2.05, 4.69) is 4.98 Å². The molecule has 1 N–H and O–H groups in total. The first-order valence-corrected chi connectivity index (χ1v) is 9.04. The number of nitrogens with one attached hydrogen (secondary N) is 1. The highest BCUT2D eigenvalue weighted by atomic mass is 35.5. The fraction of sp³-hybridized carbons (Fsp3) is 0.643. The Kier molecular flexibility index (Phi) is 5.11. The van der Waals surface area contributed by atoms with E-state index in [4.69, 9.17) is 11.6 Å². The summed E-state index contributed by atoms with van der Waals surface area (Å²) in [6.07, 6.45) is 5.13. The fourth-order valence-electron chi connectivity index (χ4n) is 2.72. The van der Waals surface area contributed by atoms with Crippen molar-refractivity contribution >= 4 is 21.6 Å². The van der Waals surface area contributed by atoms with E-state index in [0.29, 0.717) is 6.54 Å². The summed E-state index contributed by atoms with van der Waals surface area (Å²) in [4.78, 5) is 13.7. The largest absolute Gasteiger partial charge is 0.326 e. The van der Waals surface area contributed by atoms with E-state index < -0.39 is 15.6 Å². The van der Waals surface area contributed by atoms with E-state index >= 15 is 0 Å². The molecule has 21 heavy (non-hydrogen) atoms. The first kappa shape index (κ1) is 16.5. The molecule has 0 saturated heterocycles. The van der Waals surface area contributed by atoms with Crippen LogP contribution in [0.2, 0.25) is 5.02 Å². The quantitative estimate of drug-likeness (QED) is 0.901. The average Bonchev–Trinajstić information content (AvgIpc) is 2.92. The maximum atomic E-state index is 12.9. The van der Waals surface area contributed by atoms with Gasteiger partial charge in [0.05, 0.1) is 4.90 Å². The number of pyridine rings is 1. The molecule has 0 bridgehead atoms. The molecule has 1 fully saturated rings. The molecule has 2 rings (SSSR count). The highest BCUT2D eigenvalue weighted by Gasteiger charge is 2.33. The Balaban J connectivity index is 2.40. The van der Waals surface area contributed by atoms with Crippen LogP contribution in [0.25, 0.3) is 0 Å². The summed E-state index contributed by atoms with van der Waals surface area (Å²) in [5, 5.41) is -0.105. The second kappa shape index (κ2) is 6.50. The number of H-pyrrole nitrogens is 1. The topological polar surface area (TPSA) is 70.2 Å². The summed E-state index contributed by atoms with van der Waals surface area (Å²) in [6, 6.07) is 1.28. The number of hydrogen-bond donors (Lipinski definition) is 1. The lowest BCUT2D eigenvalue weighted by molar-refractivity contribution is 0.292. The van der Waals surface area contributed by atoms with Crippen LogP contribution in [0.3, 0.4) is 0 Å². The zero-order valence-corrected chi connectivity index (χ0v) is 13.9. The van der Waals surface area contributed by atoms with Gasteiger partial charge in [0.15, 0.2) is 0 Å². The molecule has 0 aromatic carbocycles. The Hall–Kier alpha value is -0.850. The maximum absolute atomic E-state index is 12.9. The number of aromatic amines is 1. The number of rotatable bonds is 5. The number of aromatic nitrogens is 1. The second-order valence-corrected chi connectivity index (χ2v) is 8.22. The smallest absolute Gasteiger partial charge is 0.266 e. The van der Waals surface area contributed by atoms with Crippen LogP contribution in [0.5, 0.6) is 0 Å². The standard InChI is InChI=1S/C14H21ClN2O3S/c1-10(2)9-17(11-5-3-4-6-11)21(19,20)12-7-13(15)14(18)16-8-12/h7-8,10-11H,3-6,9H2,1-2H3,(H,16,18). The number of nitrogens with zero attached hydrogens (tertiary/aromatic N) is 1. The van der Waals surface area contributed by atoms with Crippen LogP contribution < -0.4 is 5.56 Å². The highest BCUT2D eigenvalue weighted by molar-refractivity contribution is 7.89. The van der Waals surface area contributed by atoms with E-state index in [1.165, 1.54) is 12.3 Å². The SMILES string of the molecule is CC(C)CN(C1CCCC1)S(=O)(=O)c1c[nH]c(=O)c(Cl)c1. The molecular formula is C14H21ClN2O3S. The van der Waals surface area contributed by atoms with Gasteiger partial charge in [-0.2, -0.15) is 4.31 Å². The molecule has 1 heterocycles. The van der Waals surface area contributed by atoms with Gasteiger partial charge in [0.1, 0.15) is 5.02 Å². The van der Waals surface area contributed by atoms with Crippen LogP contribution in [-0.4, -0.2) is 30.3 Å². The molecule has 0 atom stereocenters. The third-order valence-corrected chi connectivity index (χ3v) is 5.89. The molecule has 5 nitrogen and oxygen atoms in total. The highest BCUT2D eigenvalue weighted by Crippen LogP contribution is 2.29. The molecule has 1 aliphatic carbocycles. The van der Waals surface area contributed by atoms with E-state index in [-0.39, 0.29) is 21.9 Å². The molecule has 118 valence electrons. The average molecular weight is 333 g/mol. The summed E-state index contributed by atoms with van der Waals surface area (Å²) in [5.41, 5.74) is -0.480. The molecule has 0 aliphatic heterocycles. The van der Waals surface area contributed by atoms with E-state index in [9.17, 15) is 13.2 Å². The fourth-order valence-corrected chi connectivity index (χ4v) is 4.80. The van der Waals surface area contributed by atoms with Gasteiger partial charge in [-0.1, -0.05) is 38.3 Å². The lowest BCUT2D eigenvalue weighted by atomic mass is 10.2. The molecular weight excluding hydrogens is 312 g/mol. The van der Waals surface area contributed by atoms with Gasteiger partial charge in [0.2, 0.25) is 10.0 Å². The van der Waals surface area contributed by atoms with Crippen molar-refractivity contribution in [1.29, 1.82) is 0 Å². The van der Waals surface area contributed by atoms with Crippen LogP contribution in [0.4, 0.5) is 0 Å². The van der Waals surface area contributed by atoms with Gasteiger partial charge >= 0.3 is 0 Å². The van der Waals surface area contributed by atoms with Crippen LogP contribution in [0.1, 0.15) is 39.5 Å². The molecule has 0 spiro atoms. The summed E-state index contributed by atoms with van der Waals surface area (Å²) >= 11 is 5.76. The monoisotopic (exact) mass is 332 g/mol. The van der Waals surface area contributed by atoms with Gasteiger partial charge in [-0.3, -0.25) is 4.79 Å². The van der Waals surface area contributed by atoms with Crippen LogP contribution in [0.15, 0.2) is 22.0 Å². The van der Waals surface area contributed by atoms with Crippen LogP contribution in [-0.2, 0) is 10.0 Å². The van der Waals surface area contributed by atoms with Crippen molar-refractivity contribution in [2.75, 3.05) is 6.54 Å². The Morgan fingerprint density at radius 1 is 1.38 bits per heavy atom. The van der Waals surface area contributed by atoms with Crippen LogP contribution >= 0.6 is 11.6 Å². The first-order chi connectivity index (χ1) is 9.82. The second-order valence-electron chi connectivity index (χ2n) is 5.92. The van der Waals surface area contributed by atoms with Crippen molar-refractivity contribution in [3.05, 3.63) is 27.6 Å². The van der Waals surface area contributed by atoms with Crippen molar-refractivity contribution in [1.82, 2.24) is 9.29 Å². The Morgan fingerprint density at radius 3 is 2.52 bits per heavy atom. The Morgan fingerprint density at radius 2 is 2.00 bits per heavy atom. The zero-order valence-electron chi connectivity index (χ0n) is 12.3. The molecule has 7 heteroatoms. The molecule has 0 unspecified atom stereocenters. The lowest BCUT2D eigenvalue weighted by Crippen LogP contribution is -2.41. The zero-order chi connectivity index (χ0) is 15.6. The molecule has 1 aromatic heterocycles. The summed E-state index contributed by atoms with van der Waals surface area (Å²) in [7, 11) is -3.64. The van der Waals surface area contributed by atoms with Crippen molar-refractivity contribution in [3.63, 3.8) is 0 Å². The Labute approximate surface area is 130 Å². The summed E-state index contributed by atoms with van der Waals surface area (Å²) < 4.78 is 27.3. The summed E-state index contributed by atoms with van der Waals surface area (Å²) in [5.74, 6) is 0.235. The minimum absolute atomic E-state index is 0.0445. The van der Waals surface area contributed by atoms with Crippen molar-refractivity contribution in [2.45, 2.75) is 50.5 Å². The molecule has 1 saturated carbocycles. The third-order valence-electron chi connectivity index (χ3n) is 3.72. The van der Waals surface area contributed by atoms with Gasteiger partial charge in [-0.05, 0) is 24.8 Å². The van der Waals surface area contributed by atoms with Gasteiger partial charge < -0.3 is 4.98 Å². The number of halogens is 1. The predicted molar refractivity (Wildman–Crippen MR) is 83.1 cm³/mol. The van der Waals surface area contributed by atoms with Crippen molar-refractivity contribution in [3.8, 4) is 0 Å². The minimum atomic E-state index is -3.64. The minimum Gasteiger partial charge on any atom is -0.326 e. The predicted octanol–water partition coefficient (Wildman–Crippen LogP) is 2.62. The molecule has 0 radical (unpaired) electrons. The normalized spacial score (nSPS) is 17.0. The maximum Gasteiger partial charge on any atom is 0.266 e. The molecule has 0 amide bonds. The number of sulfonamides is 1. The summed E-state index contributed by atoms with van der Waals surface area (Å²) in [6.45, 7) is 4.47. The van der Waals surface area contributed by atoms with Crippen molar-refractivity contribution < 1.29 is 8.42 Å².